The lowest BCUT2D eigenvalue weighted by Gasteiger charge is -2.07. The third-order valence-corrected chi connectivity index (χ3v) is 3.38. The van der Waals surface area contributed by atoms with Gasteiger partial charge >= 0.3 is 0 Å². The summed E-state index contributed by atoms with van der Waals surface area (Å²) < 4.78 is 0. The van der Waals surface area contributed by atoms with Gasteiger partial charge in [0.25, 0.3) is 5.91 Å². The summed E-state index contributed by atoms with van der Waals surface area (Å²) in [6.45, 7) is 2.30. The Morgan fingerprint density at radius 1 is 1.25 bits per heavy atom. The van der Waals surface area contributed by atoms with E-state index in [2.05, 4.69) is 11.4 Å². The smallest absolute Gasteiger partial charge is 0.251 e. The number of hydrogen-bond donors (Lipinski definition) is 1. The topological polar surface area (TPSA) is 52.9 Å². The van der Waals surface area contributed by atoms with Crippen LogP contribution in [0.2, 0.25) is 5.02 Å². The molecule has 0 aromatic heterocycles. The van der Waals surface area contributed by atoms with Gasteiger partial charge in [0.1, 0.15) is 0 Å². The molecule has 0 radical (unpaired) electrons. The zero-order valence-electron chi connectivity index (χ0n) is 11.0. The molecule has 0 saturated heterocycles. The summed E-state index contributed by atoms with van der Waals surface area (Å²) in [5, 5.41) is 12.1. The number of amides is 1. The van der Waals surface area contributed by atoms with E-state index in [0.717, 1.165) is 11.1 Å². The first-order valence-corrected chi connectivity index (χ1v) is 6.51. The predicted molar refractivity (Wildman–Crippen MR) is 78.5 cm³/mol. The van der Waals surface area contributed by atoms with Gasteiger partial charge in [-0.15, -0.1) is 0 Å². The number of nitrogens with zero attached hydrogens (tertiary/aromatic N) is 1. The second-order valence-corrected chi connectivity index (χ2v) is 4.86. The molecule has 0 saturated carbocycles. The van der Waals surface area contributed by atoms with Crippen LogP contribution in [-0.2, 0) is 6.54 Å². The Balaban J connectivity index is 2.01. The summed E-state index contributed by atoms with van der Waals surface area (Å²) in [6, 6.07) is 14.4. The molecule has 0 atom stereocenters. The third-order valence-electron chi connectivity index (χ3n) is 2.97. The van der Waals surface area contributed by atoms with Gasteiger partial charge in [-0.2, -0.15) is 5.26 Å². The second-order valence-electron chi connectivity index (χ2n) is 4.46. The molecule has 0 fully saturated rings. The Labute approximate surface area is 122 Å². The normalized spacial score (nSPS) is 9.85. The molecule has 0 aliphatic rings. The maximum atomic E-state index is 12.0. The SMILES string of the molecule is Cc1ccc(C(=O)NCc2ccc(C#N)cc2)cc1Cl. The van der Waals surface area contributed by atoms with E-state index in [-0.39, 0.29) is 5.91 Å². The first kappa shape index (κ1) is 14.1. The van der Waals surface area contributed by atoms with Crippen LogP contribution in [0.4, 0.5) is 0 Å². The van der Waals surface area contributed by atoms with Crippen molar-refractivity contribution in [2.24, 2.45) is 0 Å². The molecule has 2 aromatic rings. The van der Waals surface area contributed by atoms with Crippen LogP contribution in [0, 0.1) is 18.3 Å². The van der Waals surface area contributed by atoms with Gasteiger partial charge in [0, 0.05) is 17.1 Å². The number of hydrogen-bond acceptors (Lipinski definition) is 2. The number of carbonyl (C=O) groups excluding carboxylic acids is 1. The lowest BCUT2D eigenvalue weighted by atomic mass is 10.1. The summed E-state index contributed by atoms with van der Waals surface area (Å²) in [4.78, 5) is 12.0. The van der Waals surface area contributed by atoms with Gasteiger partial charge in [-0.05, 0) is 42.3 Å². The zero-order valence-corrected chi connectivity index (χ0v) is 11.7. The zero-order chi connectivity index (χ0) is 14.5. The van der Waals surface area contributed by atoms with Crippen molar-refractivity contribution in [2.75, 3.05) is 0 Å². The molecule has 2 rings (SSSR count). The standard InChI is InChI=1S/C16H13ClN2O/c1-11-2-7-14(8-15(11)17)16(20)19-10-13-5-3-12(9-18)4-6-13/h2-8H,10H2,1H3,(H,19,20). The van der Waals surface area contributed by atoms with Crippen molar-refractivity contribution in [3.05, 3.63) is 69.7 Å². The van der Waals surface area contributed by atoms with Crippen LogP contribution >= 0.6 is 11.6 Å². The van der Waals surface area contributed by atoms with Crippen molar-refractivity contribution in [2.45, 2.75) is 13.5 Å². The largest absolute Gasteiger partial charge is 0.348 e. The molecule has 0 aliphatic carbocycles. The lowest BCUT2D eigenvalue weighted by Crippen LogP contribution is -2.22. The summed E-state index contributed by atoms with van der Waals surface area (Å²) in [7, 11) is 0. The average Bonchev–Trinajstić information content (AvgIpc) is 2.48. The monoisotopic (exact) mass is 284 g/mol. The quantitative estimate of drug-likeness (QED) is 0.938. The van der Waals surface area contributed by atoms with Crippen LogP contribution < -0.4 is 5.32 Å². The highest BCUT2D eigenvalue weighted by Crippen LogP contribution is 2.16. The molecule has 1 N–H and O–H groups in total. The maximum absolute atomic E-state index is 12.0. The van der Waals surface area contributed by atoms with Crippen molar-refractivity contribution in [3.8, 4) is 6.07 Å². The summed E-state index contributed by atoms with van der Waals surface area (Å²) >= 11 is 6.00. The molecular weight excluding hydrogens is 272 g/mol. The van der Waals surface area contributed by atoms with Crippen LogP contribution in [0.5, 0.6) is 0 Å². The number of halogens is 1. The van der Waals surface area contributed by atoms with E-state index in [0.29, 0.717) is 22.7 Å². The van der Waals surface area contributed by atoms with Gasteiger partial charge in [0.2, 0.25) is 0 Å². The van der Waals surface area contributed by atoms with E-state index in [1.807, 2.05) is 25.1 Å². The van der Waals surface area contributed by atoms with Crippen molar-refractivity contribution in [3.63, 3.8) is 0 Å². The van der Waals surface area contributed by atoms with E-state index in [4.69, 9.17) is 16.9 Å². The van der Waals surface area contributed by atoms with Crippen molar-refractivity contribution in [1.29, 1.82) is 5.26 Å². The van der Waals surface area contributed by atoms with Crippen LogP contribution in [0.25, 0.3) is 0 Å². The van der Waals surface area contributed by atoms with Crippen molar-refractivity contribution in [1.82, 2.24) is 5.32 Å². The molecular formula is C16H13ClN2O. The number of benzene rings is 2. The Bertz CT molecular complexity index is 672. The Kier molecular flexibility index (Phi) is 4.39. The van der Waals surface area contributed by atoms with Crippen LogP contribution in [-0.4, -0.2) is 5.91 Å². The fraction of sp³-hybridized carbons (Fsp3) is 0.125. The Hall–Kier alpha value is -2.31. The number of carbonyl (C=O) groups is 1. The number of nitrogens with one attached hydrogen (secondary N) is 1. The van der Waals surface area contributed by atoms with Crippen molar-refractivity contribution < 1.29 is 4.79 Å². The third kappa shape index (κ3) is 3.37. The van der Waals surface area contributed by atoms with Gasteiger partial charge in [0.15, 0.2) is 0 Å². The van der Waals surface area contributed by atoms with E-state index in [9.17, 15) is 4.79 Å². The highest BCUT2D eigenvalue weighted by molar-refractivity contribution is 6.31. The summed E-state index contributed by atoms with van der Waals surface area (Å²) in [5.74, 6) is -0.170. The lowest BCUT2D eigenvalue weighted by molar-refractivity contribution is 0.0951. The number of nitriles is 1. The average molecular weight is 285 g/mol. The summed E-state index contributed by atoms with van der Waals surface area (Å²) in [5.41, 5.74) is 3.02. The molecule has 100 valence electrons. The molecule has 1 amide bonds. The first-order valence-electron chi connectivity index (χ1n) is 6.13. The van der Waals surface area contributed by atoms with E-state index in [1.165, 1.54) is 0 Å². The molecule has 4 heteroatoms. The van der Waals surface area contributed by atoms with Gasteiger partial charge in [-0.1, -0.05) is 29.8 Å². The first-order chi connectivity index (χ1) is 9.60. The molecule has 3 nitrogen and oxygen atoms in total. The Morgan fingerprint density at radius 2 is 1.95 bits per heavy atom. The molecule has 2 aromatic carbocycles. The van der Waals surface area contributed by atoms with Crippen LogP contribution in [0.1, 0.15) is 27.0 Å². The van der Waals surface area contributed by atoms with Crippen molar-refractivity contribution >= 4 is 17.5 Å². The highest BCUT2D eigenvalue weighted by Gasteiger charge is 2.07. The summed E-state index contributed by atoms with van der Waals surface area (Å²) in [6.07, 6.45) is 0. The molecule has 0 heterocycles. The molecule has 0 aliphatic heterocycles. The van der Waals surface area contributed by atoms with Gasteiger partial charge in [0.05, 0.1) is 11.6 Å². The highest BCUT2D eigenvalue weighted by atomic mass is 35.5. The minimum Gasteiger partial charge on any atom is -0.348 e. The second kappa shape index (κ2) is 6.23. The van der Waals surface area contributed by atoms with Crippen LogP contribution in [0.3, 0.4) is 0 Å². The number of aryl methyl sites for hydroxylation is 1. The Morgan fingerprint density at radius 3 is 2.55 bits per heavy atom. The van der Waals surface area contributed by atoms with E-state index < -0.39 is 0 Å². The fourth-order valence-electron chi connectivity index (χ4n) is 1.72. The molecule has 20 heavy (non-hydrogen) atoms. The maximum Gasteiger partial charge on any atom is 0.251 e. The van der Waals surface area contributed by atoms with Gasteiger partial charge in [-0.3, -0.25) is 4.79 Å². The van der Waals surface area contributed by atoms with Crippen LogP contribution in [0.15, 0.2) is 42.5 Å². The molecule has 0 bridgehead atoms. The minimum absolute atomic E-state index is 0.170. The van der Waals surface area contributed by atoms with E-state index in [1.54, 1.807) is 24.3 Å². The van der Waals surface area contributed by atoms with Gasteiger partial charge < -0.3 is 5.32 Å². The fourth-order valence-corrected chi connectivity index (χ4v) is 1.90. The molecule has 0 unspecified atom stereocenters. The predicted octanol–water partition coefficient (Wildman–Crippen LogP) is 3.45. The van der Waals surface area contributed by atoms with Gasteiger partial charge in [-0.25, -0.2) is 0 Å². The minimum atomic E-state index is -0.170. The molecule has 0 spiro atoms. The van der Waals surface area contributed by atoms with E-state index >= 15 is 0 Å². The number of rotatable bonds is 3.